The molecule has 0 unspecified atom stereocenters. The zero-order valence-corrected chi connectivity index (χ0v) is 27.1. The van der Waals surface area contributed by atoms with Crippen molar-refractivity contribution in [2.75, 3.05) is 0 Å². The number of rotatable bonds is 4. The van der Waals surface area contributed by atoms with Gasteiger partial charge in [0, 0.05) is 53.5 Å². The van der Waals surface area contributed by atoms with Crippen LogP contribution in [-0.2, 0) is 24.9 Å². The number of hydrogen-bond acceptors (Lipinski definition) is 5. The van der Waals surface area contributed by atoms with Crippen LogP contribution in [0.3, 0.4) is 0 Å². The maximum atomic E-state index is 10.0. The van der Waals surface area contributed by atoms with Gasteiger partial charge in [-0.3, -0.25) is 9.78 Å². The van der Waals surface area contributed by atoms with E-state index in [4.69, 9.17) is 15.1 Å². The Kier molecular flexibility index (Phi) is 9.42. The minimum atomic E-state index is -1.45. The van der Waals surface area contributed by atoms with Gasteiger partial charge in [0.05, 0.1) is 5.76 Å². The molecule has 38 heavy (non-hydrogen) atoms. The molecule has 3 aromatic heterocycles. The third-order valence-electron chi connectivity index (χ3n) is 6.12. The van der Waals surface area contributed by atoms with Crippen LogP contribution in [0.1, 0.15) is 39.2 Å². The molecule has 0 spiro atoms. The van der Waals surface area contributed by atoms with Crippen molar-refractivity contribution < 1.29 is 30.0 Å². The van der Waals surface area contributed by atoms with E-state index in [0.29, 0.717) is 5.92 Å². The van der Waals surface area contributed by atoms with E-state index in [9.17, 15) is 4.79 Å². The summed E-state index contributed by atoms with van der Waals surface area (Å²) in [6, 6.07) is 21.1. The van der Waals surface area contributed by atoms with E-state index in [2.05, 4.69) is 88.1 Å². The summed E-state index contributed by atoms with van der Waals surface area (Å²) >= 11 is 1.76. The standard InChI is InChI=1S/C26H25N2SSi.C5H8O2.Ir/c1-16(2)22-15-18(14-17-8-6-7-9-19(17)22)24-25-20(12-13-27-24)21-10-11-23(30(3,4)5)28-26(21)29-25;1-4(6)3-5(2)7;/h6-13,15-16H,1-5H3;3,6H,1-2H3;/q-1;;/b;4-3-;. The van der Waals surface area contributed by atoms with Crippen molar-refractivity contribution in [2.24, 2.45) is 0 Å². The van der Waals surface area contributed by atoms with Crippen LogP contribution in [0.25, 0.3) is 42.3 Å². The molecule has 1 radical (unpaired) electrons. The number of allylic oxidation sites excluding steroid dienone is 2. The molecule has 3 heterocycles. The average Bonchev–Trinajstić information content (AvgIpc) is 3.20. The van der Waals surface area contributed by atoms with Crippen molar-refractivity contribution in [3.8, 4) is 11.3 Å². The van der Waals surface area contributed by atoms with Crippen LogP contribution in [0.4, 0.5) is 0 Å². The molecule has 0 bridgehead atoms. The van der Waals surface area contributed by atoms with Gasteiger partial charge in [-0.15, -0.1) is 40.5 Å². The molecular weight excluding hydrogens is 685 g/mol. The van der Waals surface area contributed by atoms with E-state index in [0.717, 1.165) is 21.5 Å². The molecular formula is C31H33IrN2O2SSi-. The number of aliphatic hydroxyl groups is 1. The maximum Gasteiger partial charge on any atom is 0.155 e. The summed E-state index contributed by atoms with van der Waals surface area (Å²) in [5.74, 6) is 0.373. The summed E-state index contributed by atoms with van der Waals surface area (Å²) in [4.78, 5) is 21.0. The van der Waals surface area contributed by atoms with E-state index in [1.165, 1.54) is 51.7 Å². The van der Waals surface area contributed by atoms with Crippen LogP contribution < -0.4 is 5.32 Å². The molecule has 0 fully saturated rings. The van der Waals surface area contributed by atoms with Crippen molar-refractivity contribution in [1.29, 1.82) is 0 Å². The van der Waals surface area contributed by atoms with E-state index in [-0.39, 0.29) is 31.6 Å². The minimum absolute atomic E-state index is 0. The number of nitrogens with zero attached hydrogens (tertiary/aromatic N) is 2. The Hall–Kier alpha value is -2.70. The molecule has 0 saturated carbocycles. The van der Waals surface area contributed by atoms with Gasteiger partial charge in [-0.05, 0) is 43.4 Å². The quantitative estimate of drug-likeness (QED) is 0.0883. The normalized spacial score (nSPS) is 11.9. The number of carbonyl (C=O) groups excluding carboxylic acids is 1. The van der Waals surface area contributed by atoms with Gasteiger partial charge >= 0.3 is 0 Å². The molecule has 5 aromatic rings. The minimum Gasteiger partial charge on any atom is -0.512 e. The third kappa shape index (κ3) is 6.46. The first-order valence-electron chi connectivity index (χ1n) is 12.5. The second-order valence-corrected chi connectivity index (χ2v) is 16.7. The molecule has 0 amide bonds. The fourth-order valence-corrected chi connectivity index (χ4v) is 6.63. The number of hydrogen-bond donors (Lipinski definition) is 1. The number of thiophene rings is 1. The zero-order valence-electron chi connectivity index (χ0n) is 22.8. The fourth-order valence-electron chi connectivity index (χ4n) is 4.35. The Morgan fingerprint density at radius 2 is 1.74 bits per heavy atom. The monoisotopic (exact) mass is 718 g/mol. The molecule has 5 rings (SSSR count). The van der Waals surface area contributed by atoms with E-state index in [1.807, 2.05) is 6.20 Å². The van der Waals surface area contributed by atoms with Crippen LogP contribution in [0.2, 0.25) is 19.6 Å². The summed E-state index contributed by atoms with van der Waals surface area (Å²) < 4.78 is 1.20. The molecule has 0 atom stereocenters. The van der Waals surface area contributed by atoms with Crippen LogP contribution in [0, 0.1) is 6.07 Å². The van der Waals surface area contributed by atoms with Gasteiger partial charge in [0.1, 0.15) is 12.9 Å². The Balaban J connectivity index is 0.000000444. The van der Waals surface area contributed by atoms with Gasteiger partial charge in [0.15, 0.2) is 5.78 Å². The second kappa shape index (κ2) is 12.0. The Morgan fingerprint density at radius 3 is 2.34 bits per heavy atom. The summed E-state index contributed by atoms with van der Waals surface area (Å²) in [6.45, 7) is 14.4. The van der Waals surface area contributed by atoms with Crippen molar-refractivity contribution in [3.05, 3.63) is 78.2 Å². The average molecular weight is 718 g/mol. The predicted octanol–water partition coefficient (Wildman–Crippen LogP) is 8.17. The largest absolute Gasteiger partial charge is 0.512 e. The Labute approximate surface area is 243 Å². The van der Waals surface area contributed by atoms with Crippen molar-refractivity contribution in [2.45, 2.75) is 53.3 Å². The van der Waals surface area contributed by atoms with Crippen LogP contribution in [0.5, 0.6) is 0 Å². The summed E-state index contributed by atoms with van der Waals surface area (Å²) in [5, 5.41) is 14.5. The summed E-state index contributed by atoms with van der Waals surface area (Å²) in [5.41, 5.74) is 3.43. The topological polar surface area (TPSA) is 63.1 Å². The van der Waals surface area contributed by atoms with Crippen molar-refractivity contribution in [1.82, 2.24) is 9.97 Å². The molecule has 1 N–H and O–H groups in total. The first kappa shape index (κ1) is 29.8. The van der Waals surface area contributed by atoms with Crippen molar-refractivity contribution >= 4 is 61.6 Å². The van der Waals surface area contributed by atoms with E-state index < -0.39 is 8.07 Å². The Bertz CT molecular complexity index is 1650. The molecule has 4 nitrogen and oxygen atoms in total. The second-order valence-electron chi connectivity index (χ2n) is 10.7. The number of pyridine rings is 2. The summed E-state index contributed by atoms with van der Waals surface area (Å²) in [7, 11) is -1.45. The number of carbonyl (C=O) groups is 1. The maximum absolute atomic E-state index is 10.0. The predicted molar refractivity (Wildman–Crippen MR) is 161 cm³/mol. The van der Waals surface area contributed by atoms with Gasteiger partial charge in [0.25, 0.3) is 0 Å². The number of ketones is 1. The first-order chi connectivity index (χ1) is 17.5. The zero-order chi connectivity index (χ0) is 26.9. The molecule has 2 aromatic carbocycles. The smallest absolute Gasteiger partial charge is 0.155 e. The van der Waals surface area contributed by atoms with Gasteiger partial charge < -0.3 is 5.11 Å². The van der Waals surface area contributed by atoms with Gasteiger partial charge in [-0.2, -0.15) is 0 Å². The van der Waals surface area contributed by atoms with Crippen LogP contribution in [0.15, 0.2) is 66.6 Å². The van der Waals surface area contributed by atoms with Gasteiger partial charge in [0.2, 0.25) is 0 Å². The molecule has 0 aliphatic rings. The molecule has 0 saturated heterocycles. The molecule has 0 aliphatic heterocycles. The van der Waals surface area contributed by atoms with Crippen LogP contribution >= 0.6 is 11.3 Å². The number of aliphatic hydroxyl groups excluding tert-OH is 1. The Morgan fingerprint density at radius 1 is 1.03 bits per heavy atom. The van der Waals surface area contributed by atoms with Crippen molar-refractivity contribution in [3.63, 3.8) is 0 Å². The number of aromatic nitrogens is 2. The summed E-state index contributed by atoms with van der Waals surface area (Å²) in [6.07, 6.45) is 3.09. The first-order valence-corrected chi connectivity index (χ1v) is 16.8. The van der Waals surface area contributed by atoms with Crippen LogP contribution in [-0.4, -0.2) is 28.9 Å². The van der Waals surface area contributed by atoms with Gasteiger partial charge in [-0.25, -0.2) is 4.98 Å². The third-order valence-corrected chi connectivity index (χ3v) is 9.06. The SMILES string of the molecule is CC(=O)/C=C(/C)O.CC(C)c1cc(-c2nccc3c2sc2nc([Si](C)(C)C)ccc23)[c-]c2ccccc12.[Ir]. The number of benzene rings is 2. The van der Waals surface area contributed by atoms with Gasteiger partial charge in [-0.1, -0.05) is 62.6 Å². The van der Waals surface area contributed by atoms with E-state index >= 15 is 0 Å². The number of fused-ring (bicyclic) bond motifs is 4. The fraction of sp³-hybridized carbons (Fsp3) is 0.258. The molecule has 199 valence electrons. The van der Waals surface area contributed by atoms with E-state index in [1.54, 1.807) is 11.3 Å². The molecule has 0 aliphatic carbocycles. The molecule has 7 heteroatoms.